The number of hydrogen-bond acceptors (Lipinski definition) is 1. The molecule has 2 rings (SSSR count). The molecule has 0 spiro atoms. The molecular weight excluding hydrogens is 232 g/mol. The van der Waals surface area contributed by atoms with Gasteiger partial charge in [-0.05, 0) is 39.0 Å². The summed E-state index contributed by atoms with van der Waals surface area (Å²) in [4.78, 5) is 7.97. The van der Waals surface area contributed by atoms with Crippen molar-refractivity contribution in [2.24, 2.45) is 5.92 Å². The average Bonchev–Trinajstić information content (AvgIpc) is 2.92. The average molecular weight is 271 g/mol. The van der Waals surface area contributed by atoms with E-state index in [0.717, 1.165) is 11.6 Å². The first-order valence-electron chi connectivity index (χ1n) is 7.20. The quantitative estimate of drug-likeness (QED) is 0.641. The zero-order valence-electron chi connectivity index (χ0n) is 12.7. The zero-order valence-corrected chi connectivity index (χ0v) is 12.7. The Morgan fingerprint density at radius 2 is 1.53 bits per heavy atom. The van der Waals surface area contributed by atoms with Gasteiger partial charge in [-0.15, -0.1) is 0 Å². The number of imidazole rings is 1. The van der Waals surface area contributed by atoms with Gasteiger partial charge >= 0.3 is 0 Å². The molecule has 0 bridgehead atoms. The molecule has 2 atom stereocenters. The van der Waals surface area contributed by atoms with Crippen LogP contribution >= 0.6 is 0 Å². The van der Waals surface area contributed by atoms with Crippen LogP contribution in [0.4, 0.5) is 0 Å². The van der Waals surface area contributed by atoms with Crippen LogP contribution < -0.4 is 0 Å². The molecule has 0 radical (unpaired) electrons. The molecule has 0 amide bonds. The van der Waals surface area contributed by atoms with Gasteiger partial charge in [0.25, 0.3) is 0 Å². The van der Waals surface area contributed by atoms with E-state index in [4.69, 9.17) is 0 Å². The number of hydrogen-bond donors (Lipinski definition) is 1. The molecule has 1 N–H and O–H groups in total. The third-order valence-electron chi connectivity index (χ3n) is 3.23. The summed E-state index contributed by atoms with van der Waals surface area (Å²) in [6, 6.07) is 0. The van der Waals surface area contributed by atoms with Crippen molar-refractivity contribution >= 4 is 0 Å². The van der Waals surface area contributed by atoms with Crippen molar-refractivity contribution < 1.29 is 0 Å². The van der Waals surface area contributed by atoms with E-state index in [1.54, 1.807) is 0 Å². The zero-order chi connectivity index (χ0) is 13.4. The number of rotatable bonds is 1. The molecule has 1 aromatic rings. The minimum absolute atomic E-state index is 0. The highest BCUT2D eigenvalue weighted by Crippen LogP contribution is 2.36. The van der Waals surface area contributed by atoms with Gasteiger partial charge in [-0.2, -0.15) is 0 Å². The van der Waals surface area contributed by atoms with E-state index in [0.29, 0.717) is 5.92 Å². The minimum Gasteiger partial charge on any atom is -0.346 e. The van der Waals surface area contributed by atoms with E-state index in [-0.39, 0.29) is 14.9 Å². The van der Waals surface area contributed by atoms with E-state index in [2.05, 4.69) is 30.7 Å². The topological polar surface area (TPSA) is 28.7 Å². The third kappa shape index (κ3) is 6.79. The molecule has 2 nitrogen and oxygen atoms in total. The second-order valence-electron chi connectivity index (χ2n) is 4.45. The summed E-state index contributed by atoms with van der Waals surface area (Å²) < 4.78 is 0. The lowest BCUT2D eigenvalue weighted by molar-refractivity contribution is 0.587. The maximum Gasteiger partial charge on any atom is 0.109 e. The number of H-pyrrole nitrogens is 1. The molecular formula is C17H38N2. The second-order valence-corrected chi connectivity index (χ2v) is 4.45. The standard InChI is InChI=1S/C11H18N2.2C2H6.2CH4/c1-7-4-5-10(6-7)11-12-8(2)9(3)13-11;2*1-2;;/h7,10H,4-6H2,1-3H3,(H,12,13);2*1-2H3;2*1H4. The maximum atomic E-state index is 4.57. The summed E-state index contributed by atoms with van der Waals surface area (Å²) in [5.74, 6) is 2.80. The van der Waals surface area contributed by atoms with Crippen molar-refractivity contribution in [3.63, 3.8) is 0 Å². The summed E-state index contributed by atoms with van der Waals surface area (Å²) in [6.07, 6.45) is 3.99. The summed E-state index contributed by atoms with van der Waals surface area (Å²) >= 11 is 0. The second kappa shape index (κ2) is 12.3. The Labute approximate surface area is 122 Å². The van der Waals surface area contributed by atoms with E-state index in [1.807, 2.05) is 27.7 Å². The van der Waals surface area contributed by atoms with Gasteiger partial charge in [0.2, 0.25) is 0 Å². The number of aromatic nitrogens is 2. The predicted molar refractivity (Wildman–Crippen MR) is 90.0 cm³/mol. The van der Waals surface area contributed by atoms with Crippen LogP contribution in [-0.2, 0) is 0 Å². The SMILES string of the molecule is C.C.CC.CC.Cc1nc(C2CCC(C)C2)[nH]c1C. The fourth-order valence-electron chi connectivity index (χ4n) is 2.22. The van der Waals surface area contributed by atoms with Crippen LogP contribution in [0.3, 0.4) is 0 Å². The summed E-state index contributed by atoms with van der Waals surface area (Å²) in [6.45, 7) is 14.5. The van der Waals surface area contributed by atoms with E-state index < -0.39 is 0 Å². The van der Waals surface area contributed by atoms with Crippen LogP contribution in [0.25, 0.3) is 0 Å². The molecule has 1 aliphatic carbocycles. The van der Waals surface area contributed by atoms with Gasteiger partial charge in [-0.1, -0.05) is 49.5 Å². The van der Waals surface area contributed by atoms with Crippen molar-refractivity contribution in [2.75, 3.05) is 0 Å². The number of nitrogens with zero attached hydrogens (tertiary/aromatic N) is 1. The van der Waals surface area contributed by atoms with Crippen LogP contribution in [0, 0.1) is 19.8 Å². The Balaban J connectivity index is -0.000000392. The molecule has 1 aromatic heterocycles. The van der Waals surface area contributed by atoms with Crippen molar-refractivity contribution in [3.05, 3.63) is 17.2 Å². The highest BCUT2D eigenvalue weighted by atomic mass is 14.9. The van der Waals surface area contributed by atoms with Crippen LogP contribution in [0.2, 0.25) is 0 Å². The Hall–Kier alpha value is -0.790. The highest BCUT2D eigenvalue weighted by molar-refractivity contribution is 5.14. The third-order valence-corrected chi connectivity index (χ3v) is 3.23. The van der Waals surface area contributed by atoms with Crippen LogP contribution in [0.1, 0.15) is 91.9 Å². The predicted octanol–water partition coefficient (Wildman–Crippen LogP) is 6.25. The fourth-order valence-corrected chi connectivity index (χ4v) is 2.22. The smallest absolute Gasteiger partial charge is 0.109 e. The lowest BCUT2D eigenvalue weighted by atomic mass is 10.1. The van der Waals surface area contributed by atoms with Crippen LogP contribution in [0.5, 0.6) is 0 Å². The Bertz CT molecular complexity index is 283. The van der Waals surface area contributed by atoms with E-state index in [1.165, 1.54) is 30.8 Å². The first kappa shape index (κ1) is 23.3. The first-order valence-corrected chi connectivity index (χ1v) is 7.20. The van der Waals surface area contributed by atoms with Gasteiger partial charge in [0.1, 0.15) is 5.82 Å². The van der Waals surface area contributed by atoms with Gasteiger partial charge in [-0.25, -0.2) is 4.98 Å². The molecule has 0 aromatic carbocycles. The van der Waals surface area contributed by atoms with Gasteiger partial charge in [0.05, 0.1) is 5.69 Å². The largest absolute Gasteiger partial charge is 0.346 e. The molecule has 1 saturated carbocycles. The Kier molecular flexibility index (Phi) is 15.0. The molecule has 1 fully saturated rings. The highest BCUT2D eigenvalue weighted by Gasteiger charge is 2.25. The molecule has 0 aliphatic heterocycles. The summed E-state index contributed by atoms with van der Waals surface area (Å²) in [5, 5.41) is 0. The molecule has 0 saturated heterocycles. The molecule has 116 valence electrons. The molecule has 19 heavy (non-hydrogen) atoms. The van der Waals surface area contributed by atoms with E-state index in [9.17, 15) is 0 Å². The molecule has 1 aliphatic rings. The van der Waals surface area contributed by atoms with E-state index >= 15 is 0 Å². The summed E-state index contributed by atoms with van der Waals surface area (Å²) in [5.41, 5.74) is 2.39. The normalized spacial score (nSPS) is 19.9. The van der Waals surface area contributed by atoms with Crippen LogP contribution in [0.15, 0.2) is 0 Å². The van der Waals surface area contributed by atoms with Gasteiger partial charge < -0.3 is 4.98 Å². The fraction of sp³-hybridized carbons (Fsp3) is 0.824. The van der Waals surface area contributed by atoms with Gasteiger partial charge in [0, 0.05) is 11.6 Å². The number of nitrogens with one attached hydrogen (secondary N) is 1. The lowest BCUT2D eigenvalue weighted by Crippen LogP contribution is -1.96. The van der Waals surface area contributed by atoms with Gasteiger partial charge in [0.15, 0.2) is 0 Å². The first-order chi connectivity index (χ1) is 8.16. The molecule has 2 heteroatoms. The Morgan fingerprint density at radius 3 is 1.84 bits per heavy atom. The molecule has 1 heterocycles. The Morgan fingerprint density at radius 1 is 1.00 bits per heavy atom. The number of aryl methyl sites for hydroxylation is 2. The monoisotopic (exact) mass is 270 g/mol. The summed E-state index contributed by atoms with van der Waals surface area (Å²) in [7, 11) is 0. The van der Waals surface area contributed by atoms with Crippen molar-refractivity contribution in [1.29, 1.82) is 0 Å². The van der Waals surface area contributed by atoms with Crippen molar-refractivity contribution in [2.45, 2.75) is 88.5 Å². The van der Waals surface area contributed by atoms with Crippen molar-refractivity contribution in [1.82, 2.24) is 9.97 Å². The maximum absolute atomic E-state index is 4.57. The minimum atomic E-state index is 0. The number of aromatic amines is 1. The van der Waals surface area contributed by atoms with Crippen molar-refractivity contribution in [3.8, 4) is 0 Å². The molecule has 2 unspecified atom stereocenters. The van der Waals surface area contributed by atoms with Gasteiger partial charge in [-0.3, -0.25) is 0 Å². The van der Waals surface area contributed by atoms with Crippen LogP contribution in [-0.4, -0.2) is 9.97 Å². The lowest BCUT2D eigenvalue weighted by Gasteiger charge is -2.04.